The summed E-state index contributed by atoms with van der Waals surface area (Å²) in [6.07, 6.45) is 2.09. The second-order valence-electron chi connectivity index (χ2n) is 4.93. The quantitative estimate of drug-likeness (QED) is 0.873. The maximum Gasteiger partial charge on any atom is 0.125 e. The van der Waals surface area contributed by atoms with E-state index in [1.54, 1.807) is 7.11 Å². The molecule has 1 aromatic rings. The Morgan fingerprint density at radius 3 is 2.59 bits per heavy atom. The van der Waals surface area contributed by atoms with Crippen LogP contribution in [0.2, 0.25) is 0 Å². The van der Waals surface area contributed by atoms with E-state index in [2.05, 4.69) is 12.2 Å². The number of piperidine rings is 1. The monoisotopic (exact) mass is 235 g/mol. The topological polar surface area (TPSA) is 30.5 Å². The molecule has 3 nitrogen and oxygen atoms in total. The summed E-state index contributed by atoms with van der Waals surface area (Å²) in [4.78, 5) is 0. The van der Waals surface area contributed by atoms with E-state index in [4.69, 9.17) is 9.47 Å². The molecule has 0 radical (unpaired) electrons. The van der Waals surface area contributed by atoms with Crippen molar-refractivity contribution in [1.82, 2.24) is 5.32 Å². The lowest BCUT2D eigenvalue weighted by Gasteiger charge is -2.34. The Bertz CT molecular complexity index is 384. The average Bonchev–Trinajstić information content (AvgIpc) is 2.32. The minimum absolute atomic E-state index is 0.0501. The molecule has 0 atom stereocenters. The largest absolute Gasteiger partial charge is 0.496 e. The second kappa shape index (κ2) is 4.96. The highest BCUT2D eigenvalue weighted by Gasteiger charge is 2.28. The number of rotatable bonds is 3. The summed E-state index contributed by atoms with van der Waals surface area (Å²) < 4.78 is 11.4. The number of ether oxygens (including phenoxy) is 2. The molecule has 1 aliphatic heterocycles. The predicted molar refractivity (Wildman–Crippen MR) is 68.9 cm³/mol. The van der Waals surface area contributed by atoms with Crippen molar-refractivity contribution in [3.05, 3.63) is 23.8 Å². The van der Waals surface area contributed by atoms with E-state index in [1.807, 2.05) is 25.1 Å². The fourth-order valence-electron chi connectivity index (χ4n) is 2.21. The first kappa shape index (κ1) is 12.2. The van der Waals surface area contributed by atoms with Gasteiger partial charge in [0.1, 0.15) is 17.1 Å². The third-order valence-corrected chi connectivity index (χ3v) is 3.41. The van der Waals surface area contributed by atoms with Crippen LogP contribution >= 0.6 is 0 Å². The number of nitrogens with one attached hydrogen (secondary N) is 1. The highest BCUT2D eigenvalue weighted by Crippen LogP contribution is 2.29. The van der Waals surface area contributed by atoms with Crippen LogP contribution in [0.15, 0.2) is 18.2 Å². The molecule has 1 N–H and O–H groups in total. The SMILES string of the molecule is COc1cc(OC2(C)CCNCC2)ccc1C. The molecule has 0 amide bonds. The van der Waals surface area contributed by atoms with Gasteiger partial charge < -0.3 is 14.8 Å². The zero-order valence-corrected chi connectivity index (χ0v) is 10.9. The smallest absolute Gasteiger partial charge is 0.125 e. The number of benzene rings is 1. The van der Waals surface area contributed by atoms with E-state index in [1.165, 1.54) is 0 Å². The lowest BCUT2D eigenvalue weighted by atomic mass is 9.94. The molecule has 0 unspecified atom stereocenters. The molecule has 1 heterocycles. The van der Waals surface area contributed by atoms with Crippen LogP contribution in [0.3, 0.4) is 0 Å². The minimum atomic E-state index is -0.0501. The fourth-order valence-corrected chi connectivity index (χ4v) is 2.21. The Labute approximate surface area is 103 Å². The van der Waals surface area contributed by atoms with Crippen molar-refractivity contribution in [2.24, 2.45) is 0 Å². The van der Waals surface area contributed by atoms with Crippen LogP contribution in [0, 0.1) is 6.92 Å². The molecular weight excluding hydrogens is 214 g/mol. The summed E-state index contributed by atoms with van der Waals surface area (Å²) >= 11 is 0. The van der Waals surface area contributed by atoms with E-state index in [0.29, 0.717) is 0 Å². The number of aryl methyl sites for hydroxylation is 1. The molecule has 1 aliphatic rings. The van der Waals surface area contributed by atoms with Crippen LogP contribution < -0.4 is 14.8 Å². The normalized spacial score (nSPS) is 18.8. The molecule has 1 saturated heterocycles. The first-order valence-corrected chi connectivity index (χ1v) is 6.17. The summed E-state index contributed by atoms with van der Waals surface area (Å²) in [6.45, 7) is 6.27. The average molecular weight is 235 g/mol. The van der Waals surface area contributed by atoms with Crippen LogP contribution in [0.4, 0.5) is 0 Å². The maximum absolute atomic E-state index is 6.12. The Hall–Kier alpha value is -1.22. The van der Waals surface area contributed by atoms with E-state index < -0.39 is 0 Å². The van der Waals surface area contributed by atoms with Crippen LogP contribution in [-0.4, -0.2) is 25.8 Å². The van der Waals surface area contributed by atoms with Crippen molar-refractivity contribution in [2.45, 2.75) is 32.3 Å². The van der Waals surface area contributed by atoms with Crippen molar-refractivity contribution < 1.29 is 9.47 Å². The molecule has 2 rings (SSSR count). The van der Waals surface area contributed by atoms with Crippen LogP contribution in [0.1, 0.15) is 25.3 Å². The number of methoxy groups -OCH3 is 1. The highest BCUT2D eigenvalue weighted by atomic mass is 16.5. The van der Waals surface area contributed by atoms with Gasteiger partial charge in [0.25, 0.3) is 0 Å². The van der Waals surface area contributed by atoms with Gasteiger partial charge in [0, 0.05) is 6.07 Å². The third-order valence-electron chi connectivity index (χ3n) is 3.41. The molecule has 0 aromatic heterocycles. The van der Waals surface area contributed by atoms with Crippen molar-refractivity contribution >= 4 is 0 Å². The summed E-state index contributed by atoms with van der Waals surface area (Å²) in [5.74, 6) is 1.79. The van der Waals surface area contributed by atoms with Gasteiger partial charge in [0.05, 0.1) is 7.11 Å². The van der Waals surface area contributed by atoms with Crippen LogP contribution in [0.5, 0.6) is 11.5 Å². The molecule has 17 heavy (non-hydrogen) atoms. The van der Waals surface area contributed by atoms with Gasteiger partial charge in [-0.25, -0.2) is 0 Å². The Morgan fingerprint density at radius 2 is 1.94 bits per heavy atom. The van der Waals surface area contributed by atoms with Crippen molar-refractivity contribution in [3.8, 4) is 11.5 Å². The molecule has 3 heteroatoms. The van der Waals surface area contributed by atoms with E-state index in [0.717, 1.165) is 43.0 Å². The zero-order chi connectivity index (χ0) is 12.3. The molecule has 0 saturated carbocycles. The van der Waals surface area contributed by atoms with Gasteiger partial charge in [-0.2, -0.15) is 0 Å². The Morgan fingerprint density at radius 1 is 1.24 bits per heavy atom. The standard InChI is InChI=1S/C14H21NO2/c1-11-4-5-12(10-13(11)16-3)17-14(2)6-8-15-9-7-14/h4-5,10,15H,6-9H2,1-3H3. The van der Waals surface area contributed by atoms with Crippen molar-refractivity contribution in [3.63, 3.8) is 0 Å². The van der Waals surface area contributed by atoms with Crippen LogP contribution in [-0.2, 0) is 0 Å². The Balaban J connectivity index is 2.12. The first-order valence-electron chi connectivity index (χ1n) is 6.17. The van der Waals surface area contributed by atoms with Gasteiger partial charge in [-0.15, -0.1) is 0 Å². The maximum atomic E-state index is 6.12. The summed E-state index contributed by atoms with van der Waals surface area (Å²) in [7, 11) is 1.69. The molecule has 0 bridgehead atoms. The molecular formula is C14H21NO2. The summed E-state index contributed by atoms with van der Waals surface area (Å²) in [5.41, 5.74) is 1.08. The summed E-state index contributed by atoms with van der Waals surface area (Å²) in [6, 6.07) is 6.03. The van der Waals surface area contributed by atoms with Gasteiger partial charge >= 0.3 is 0 Å². The number of hydrogen-bond acceptors (Lipinski definition) is 3. The third kappa shape index (κ3) is 2.91. The van der Waals surface area contributed by atoms with Crippen molar-refractivity contribution in [1.29, 1.82) is 0 Å². The van der Waals surface area contributed by atoms with Crippen molar-refractivity contribution in [2.75, 3.05) is 20.2 Å². The Kier molecular flexibility index (Phi) is 3.57. The zero-order valence-electron chi connectivity index (χ0n) is 10.9. The lowest BCUT2D eigenvalue weighted by Crippen LogP contribution is -2.43. The predicted octanol–water partition coefficient (Wildman–Crippen LogP) is 2.52. The van der Waals surface area contributed by atoms with Gasteiger partial charge in [-0.3, -0.25) is 0 Å². The fraction of sp³-hybridized carbons (Fsp3) is 0.571. The van der Waals surface area contributed by atoms with E-state index in [9.17, 15) is 0 Å². The number of hydrogen-bond donors (Lipinski definition) is 1. The molecule has 1 fully saturated rings. The van der Waals surface area contributed by atoms with E-state index >= 15 is 0 Å². The second-order valence-corrected chi connectivity index (χ2v) is 4.93. The molecule has 0 aliphatic carbocycles. The van der Waals surface area contributed by atoms with Gasteiger partial charge in [0.2, 0.25) is 0 Å². The molecule has 1 aromatic carbocycles. The molecule has 94 valence electrons. The van der Waals surface area contributed by atoms with Crippen LogP contribution in [0.25, 0.3) is 0 Å². The molecule has 0 spiro atoms. The summed E-state index contributed by atoms with van der Waals surface area (Å²) in [5, 5.41) is 3.35. The van der Waals surface area contributed by atoms with E-state index in [-0.39, 0.29) is 5.60 Å². The minimum Gasteiger partial charge on any atom is -0.496 e. The lowest BCUT2D eigenvalue weighted by molar-refractivity contribution is 0.0554. The highest BCUT2D eigenvalue weighted by molar-refractivity contribution is 5.40. The first-order chi connectivity index (χ1) is 8.13. The van der Waals surface area contributed by atoms with Gasteiger partial charge in [0.15, 0.2) is 0 Å². The van der Waals surface area contributed by atoms with Gasteiger partial charge in [-0.1, -0.05) is 6.07 Å². The van der Waals surface area contributed by atoms with Gasteiger partial charge in [-0.05, 0) is 51.4 Å².